The molecule has 0 saturated carbocycles. The number of morpholine rings is 1. The molecule has 6 heteroatoms. The molecule has 1 saturated heterocycles. The van der Waals surface area contributed by atoms with Crippen LogP contribution in [0.2, 0.25) is 0 Å². The van der Waals surface area contributed by atoms with Gasteiger partial charge < -0.3 is 19.5 Å². The Morgan fingerprint density at radius 1 is 1.42 bits per heavy atom. The molecule has 1 aliphatic rings. The number of nitrogens with zero attached hydrogens (tertiary/aromatic N) is 3. The molecule has 2 heterocycles. The van der Waals surface area contributed by atoms with Gasteiger partial charge in [-0.25, -0.2) is 9.78 Å². The second-order valence-electron chi connectivity index (χ2n) is 6.20. The maximum absolute atomic E-state index is 12.3. The van der Waals surface area contributed by atoms with Gasteiger partial charge in [0, 0.05) is 32.0 Å². The Morgan fingerprint density at radius 3 is 3.00 bits per heavy atom. The zero-order valence-corrected chi connectivity index (χ0v) is 14.2. The largest absolute Gasteiger partial charge is 0.377 e. The molecular weight excluding hydrogens is 304 g/mol. The minimum atomic E-state index is -0.0262. The fraction of sp³-hybridized carbons (Fsp3) is 0.444. The van der Waals surface area contributed by atoms with E-state index in [1.165, 1.54) is 5.56 Å². The molecule has 1 aromatic heterocycles. The number of urea groups is 1. The van der Waals surface area contributed by atoms with E-state index in [0.717, 1.165) is 17.9 Å². The van der Waals surface area contributed by atoms with Crippen LogP contribution >= 0.6 is 0 Å². The van der Waals surface area contributed by atoms with Gasteiger partial charge in [-0.3, -0.25) is 0 Å². The van der Waals surface area contributed by atoms with Crippen molar-refractivity contribution in [2.24, 2.45) is 0 Å². The number of amides is 2. The Morgan fingerprint density at radius 2 is 2.25 bits per heavy atom. The number of imidazole rings is 1. The van der Waals surface area contributed by atoms with Gasteiger partial charge in [0.2, 0.25) is 0 Å². The molecule has 128 valence electrons. The highest BCUT2D eigenvalue weighted by Crippen LogP contribution is 2.10. The molecule has 1 aromatic carbocycles. The summed E-state index contributed by atoms with van der Waals surface area (Å²) in [7, 11) is 0. The molecular formula is C18H24N4O2. The Balaban J connectivity index is 1.58. The van der Waals surface area contributed by atoms with E-state index in [0.29, 0.717) is 26.3 Å². The van der Waals surface area contributed by atoms with Crippen LogP contribution in [-0.4, -0.2) is 46.3 Å². The fourth-order valence-electron chi connectivity index (χ4n) is 2.91. The maximum Gasteiger partial charge on any atom is 0.318 e. The van der Waals surface area contributed by atoms with Gasteiger partial charge in [0.05, 0.1) is 19.3 Å². The number of nitrogens with one attached hydrogen (secondary N) is 1. The highest BCUT2D eigenvalue weighted by Gasteiger charge is 2.23. The van der Waals surface area contributed by atoms with E-state index in [1.54, 1.807) is 0 Å². The van der Waals surface area contributed by atoms with Gasteiger partial charge in [-0.1, -0.05) is 24.3 Å². The first kappa shape index (κ1) is 16.5. The lowest BCUT2D eigenvalue weighted by Crippen LogP contribution is -2.51. The molecule has 2 aromatic rings. The molecule has 1 fully saturated rings. The number of benzene rings is 1. The van der Waals surface area contributed by atoms with Gasteiger partial charge in [-0.05, 0) is 25.0 Å². The minimum absolute atomic E-state index is 0.0262. The summed E-state index contributed by atoms with van der Waals surface area (Å²) >= 11 is 0. The first-order chi connectivity index (χ1) is 11.6. The second-order valence-corrected chi connectivity index (χ2v) is 6.20. The Bertz CT molecular complexity index is 698. The number of hydrogen-bond acceptors (Lipinski definition) is 3. The summed E-state index contributed by atoms with van der Waals surface area (Å²) in [6.45, 7) is 7.17. The Hall–Kier alpha value is -2.34. The summed E-state index contributed by atoms with van der Waals surface area (Å²) in [6.07, 6.45) is 3.78. The fourth-order valence-corrected chi connectivity index (χ4v) is 2.91. The summed E-state index contributed by atoms with van der Waals surface area (Å²) in [5.41, 5.74) is 2.29. The predicted octanol–water partition coefficient (Wildman–Crippen LogP) is 2.17. The highest BCUT2D eigenvalue weighted by molar-refractivity contribution is 5.74. The van der Waals surface area contributed by atoms with E-state index in [-0.39, 0.29) is 12.1 Å². The van der Waals surface area contributed by atoms with Crippen molar-refractivity contribution in [2.75, 3.05) is 19.8 Å². The molecule has 3 rings (SSSR count). The van der Waals surface area contributed by atoms with Gasteiger partial charge in [-0.15, -0.1) is 0 Å². The molecule has 0 bridgehead atoms. The third-order valence-electron chi connectivity index (χ3n) is 4.34. The lowest BCUT2D eigenvalue weighted by molar-refractivity contribution is 0.0190. The molecule has 0 unspecified atom stereocenters. The number of rotatable bonds is 4. The van der Waals surface area contributed by atoms with Crippen molar-refractivity contribution in [3.05, 3.63) is 53.6 Å². The van der Waals surface area contributed by atoms with E-state index < -0.39 is 0 Å². The monoisotopic (exact) mass is 328 g/mol. The first-order valence-corrected chi connectivity index (χ1v) is 8.31. The number of carbonyl (C=O) groups is 1. The standard InChI is InChI=1S/C18H24N4O2/c1-14-13-24-9-8-22(14)18(23)20-11-16-4-3-5-17(10-16)12-21-7-6-19-15(21)2/h3-7,10,14H,8-9,11-13H2,1-2H3,(H,20,23)/t14-/m1/s1. The van der Waals surface area contributed by atoms with Crippen molar-refractivity contribution < 1.29 is 9.53 Å². The third-order valence-corrected chi connectivity index (χ3v) is 4.34. The van der Waals surface area contributed by atoms with Crippen LogP contribution in [0, 0.1) is 6.92 Å². The van der Waals surface area contributed by atoms with E-state index in [4.69, 9.17) is 4.74 Å². The molecule has 1 N–H and O–H groups in total. The molecule has 0 aliphatic carbocycles. The zero-order valence-electron chi connectivity index (χ0n) is 14.2. The number of aromatic nitrogens is 2. The van der Waals surface area contributed by atoms with Crippen LogP contribution in [-0.2, 0) is 17.8 Å². The van der Waals surface area contributed by atoms with Crippen LogP contribution in [0.3, 0.4) is 0 Å². The molecule has 1 atom stereocenters. The zero-order chi connectivity index (χ0) is 16.9. The minimum Gasteiger partial charge on any atom is -0.377 e. The predicted molar refractivity (Wildman–Crippen MR) is 91.7 cm³/mol. The van der Waals surface area contributed by atoms with Crippen LogP contribution in [0.4, 0.5) is 4.79 Å². The molecule has 0 spiro atoms. The smallest absolute Gasteiger partial charge is 0.318 e. The topological polar surface area (TPSA) is 59.4 Å². The number of carbonyl (C=O) groups excluding carboxylic acids is 1. The SMILES string of the molecule is Cc1nccn1Cc1cccc(CNC(=O)N2CCOC[C@H]2C)c1. The molecule has 1 aliphatic heterocycles. The molecule has 2 amide bonds. The summed E-state index contributed by atoms with van der Waals surface area (Å²) in [5.74, 6) is 0.995. The Labute approximate surface area is 142 Å². The van der Waals surface area contributed by atoms with Gasteiger partial charge in [-0.2, -0.15) is 0 Å². The van der Waals surface area contributed by atoms with Crippen LogP contribution in [0.5, 0.6) is 0 Å². The first-order valence-electron chi connectivity index (χ1n) is 8.31. The average Bonchev–Trinajstić information content (AvgIpc) is 2.98. The summed E-state index contributed by atoms with van der Waals surface area (Å²) in [6, 6.07) is 8.38. The number of aryl methyl sites for hydroxylation is 1. The second kappa shape index (κ2) is 7.49. The van der Waals surface area contributed by atoms with Gasteiger partial charge in [0.15, 0.2) is 0 Å². The number of hydrogen-bond donors (Lipinski definition) is 1. The normalized spacial score (nSPS) is 17.8. The maximum atomic E-state index is 12.3. The van der Waals surface area contributed by atoms with Gasteiger partial charge >= 0.3 is 6.03 Å². The summed E-state index contributed by atoms with van der Waals surface area (Å²) in [5, 5.41) is 3.01. The van der Waals surface area contributed by atoms with Crippen LogP contribution < -0.4 is 5.32 Å². The Kier molecular flexibility index (Phi) is 5.15. The van der Waals surface area contributed by atoms with Crippen molar-refractivity contribution in [1.82, 2.24) is 19.8 Å². The van der Waals surface area contributed by atoms with Gasteiger partial charge in [0.25, 0.3) is 0 Å². The van der Waals surface area contributed by atoms with E-state index in [1.807, 2.05) is 43.3 Å². The lowest BCUT2D eigenvalue weighted by Gasteiger charge is -2.33. The molecule has 6 nitrogen and oxygen atoms in total. The molecule has 0 radical (unpaired) electrons. The van der Waals surface area contributed by atoms with E-state index >= 15 is 0 Å². The van der Waals surface area contributed by atoms with E-state index in [9.17, 15) is 4.79 Å². The number of ether oxygens (including phenoxy) is 1. The van der Waals surface area contributed by atoms with Crippen molar-refractivity contribution >= 4 is 6.03 Å². The van der Waals surface area contributed by atoms with Gasteiger partial charge in [0.1, 0.15) is 5.82 Å². The average molecular weight is 328 g/mol. The summed E-state index contributed by atoms with van der Waals surface area (Å²) < 4.78 is 7.48. The van der Waals surface area contributed by atoms with Crippen molar-refractivity contribution in [2.45, 2.75) is 33.0 Å². The van der Waals surface area contributed by atoms with Crippen molar-refractivity contribution in [3.63, 3.8) is 0 Å². The van der Waals surface area contributed by atoms with Crippen molar-refractivity contribution in [3.8, 4) is 0 Å². The van der Waals surface area contributed by atoms with Crippen LogP contribution in [0.15, 0.2) is 36.7 Å². The third kappa shape index (κ3) is 3.94. The van der Waals surface area contributed by atoms with Crippen LogP contribution in [0.1, 0.15) is 23.9 Å². The summed E-state index contributed by atoms with van der Waals surface area (Å²) in [4.78, 5) is 18.4. The lowest BCUT2D eigenvalue weighted by atomic mass is 10.1. The van der Waals surface area contributed by atoms with Crippen molar-refractivity contribution in [1.29, 1.82) is 0 Å². The van der Waals surface area contributed by atoms with E-state index in [2.05, 4.69) is 27.0 Å². The highest BCUT2D eigenvalue weighted by atomic mass is 16.5. The molecule has 24 heavy (non-hydrogen) atoms. The quantitative estimate of drug-likeness (QED) is 0.936. The van der Waals surface area contributed by atoms with Crippen LogP contribution in [0.25, 0.3) is 0 Å².